The number of nitrogens with one attached hydrogen (secondary N) is 1. The molecule has 1 aromatic rings. The van der Waals surface area contributed by atoms with Gasteiger partial charge in [0, 0.05) is 11.7 Å². The summed E-state index contributed by atoms with van der Waals surface area (Å²) in [6.45, 7) is 2.05. The molecule has 1 heterocycles. The molecule has 0 aromatic carbocycles. The molecule has 3 nitrogen and oxygen atoms in total. The van der Waals surface area contributed by atoms with Crippen LogP contribution in [0.5, 0.6) is 0 Å². The van der Waals surface area contributed by atoms with Crippen LogP contribution in [0.15, 0.2) is 6.07 Å². The summed E-state index contributed by atoms with van der Waals surface area (Å²) in [6.07, 6.45) is 10.0. The monoisotopic (exact) mass is 259 g/mol. The molecule has 3 N–H and O–H groups in total. The van der Waals surface area contributed by atoms with Crippen molar-refractivity contribution in [1.29, 1.82) is 0 Å². The third-order valence-electron chi connectivity index (χ3n) is 5.92. The van der Waals surface area contributed by atoms with Crippen LogP contribution in [-0.4, -0.2) is 10.2 Å². The summed E-state index contributed by atoms with van der Waals surface area (Å²) >= 11 is 0. The van der Waals surface area contributed by atoms with Crippen molar-refractivity contribution in [2.75, 3.05) is 0 Å². The molecule has 1 unspecified atom stereocenters. The minimum Gasteiger partial charge on any atom is -0.323 e. The Morgan fingerprint density at radius 1 is 1.26 bits per heavy atom. The molecular weight excluding hydrogens is 234 g/mol. The predicted octanol–water partition coefficient (Wildman–Crippen LogP) is 3.32. The van der Waals surface area contributed by atoms with Gasteiger partial charge < -0.3 is 5.73 Å². The number of nitrogens with two attached hydrogens (primary N) is 1. The summed E-state index contributed by atoms with van der Waals surface area (Å²) in [4.78, 5) is 0. The molecule has 0 aliphatic heterocycles. The molecule has 4 bridgehead atoms. The molecule has 4 saturated carbocycles. The molecule has 3 heteroatoms. The SMILES string of the molecule is Cc1cc(C(N)CC23CC4CC(CC(C4)C2)C3)n[nH]1. The Balaban J connectivity index is 1.53. The van der Waals surface area contributed by atoms with Crippen LogP contribution in [0.25, 0.3) is 0 Å². The minimum atomic E-state index is 0.126. The maximum absolute atomic E-state index is 6.45. The maximum Gasteiger partial charge on any atom is 0.0792 e. The lowest BCUT2D eigenvalue weighted by Gasteiger charge is -2.57. The van der Waals surface area contributed by atoms with Crippen molar-refractivity contribution in [3.8, 4) is 0 Å². The number of nitrogens with zero attached hydrogens (tertiary/aromatic N) is 1. The maximum atomic E-state index is 6.45. The van der Waals surface area contributed by atoms with Crippen molar-refractivity contribution < 1.29 is 0 Å². The molecule has 1 atom stereocenters. The number of aryl methyl sites for hydroxylation is 1. The smallest absolute Gasteiger partial charge is 0.0792 e. The van der Waals surface area contributed by atoms with E-state index in [1.807, 2.05) is 6.92 Å². The van der Waals surface area contributed by atoms with Crippen LogP contribution in [0.1, 0.15) is 62.4 Å². The quantitative estimate of drug-likeness (QED) is 0.875. The zero-order chi connectivity index (χ0) is 13.0. The van der Waals surface area contributed by atoms with E-state index in [1.165, 1.54) is 38.5 Å². The molecule has 0 radical (unpaired) electrons. The molecule has 0 spiro atoms. The fourth-order valence-corrected chi connectivity index (χ4v) is 5.74. The lowest BCUT2D eigenvalue weighted by Crippen LogP contribution is -2.47. The van der Waals surface area contributed by atoms with Crippen LogP contribution in [0, 0.1) is 30.1 Å². The Hall–Kier alpha value is -0.830. The molecule has 5 rings (SSSR count). The highest BCUT2D eigenvalue weighted by molar-refractivity contribution is 5.13. The first kappa shape index (κ1) is 12.0. The fraction of sp³-hybridized carbons (Fsp3) is 0.812. The van der Waals surface area contributed by atoms with Crippen molar-refractivity contribution in [1.82, 2.24) is 10.2 Å². The van der Waals surface area contributed by atoms with Crippen LogP contribution < -0.4 is 5.73 Å². The zero-order valence-corrected chi connectivity index (χ0v) is 11.9. The summed E-state index contributed by atoms with van der Waals surface area (Å²) in [6, 6.07) is 2.24. The van der Waals surface area contributed by atoms with Gasteiger partial charge in [0.25, 0.3) is 0 Å². The van der Waals surface area contributed by atoms with E-state index in [9.17, 15) is 0 Å². The van der Waals surface area contributed by atoms with E-state index in [0.29, 0.717) is 5.41 Å². The number of aromatic amines is 1. The lowest BCUT2D eigenvalue weighted by molar-refractivity contribution is -0.0607. The van der Waals surface area contributed by atoms with Crippen molar-refractivity contribution >= 4 is 0 Å². The van der Waals surface area contributed by atoms with E-state index in [2.05, 4.69) is 16.3 Å². The van der Waals surface area contributed by atoms with Crippen molar-refractivity contribution in [3.05, 3.63) is 17.5 Å². The molecule has 0 amide bonds. The number of H-pyrrole nitrogens is 1. The highest BCUT2D eigenvalue weighted by Crippen LogP contribution is 2.62. The molecule has 104 valence electrons. The van der Waals surface area contributed by atoms with Gasteiger partial charge in [0.2, 0.25) is 0 Å². The number of hydrogen-bond acceptors (Lipinski definition) is 2. The highest BCUT2D eigenvalue weighted by Gasteiger charge is 2.51. The van der Waals surface area contributed by atoms with Gasteiger partial charge in [-0.25, -0.2) is 0 Å². The van der Waals surface area contributed by atoms with Crippen molar-refractivity contribution in [2.45, 2.75) is 57.9 Å². The predicted molar refractivity (Wildman–Crippen MR) is 75.5 cm³/mol. The molecule has 0 saturated heterocycles. The molecule has 4 aliphatic carbocycles. The first-order valence-electron chi connectivity index (χ1n) is 7.89. The van der Waals surface area contributed by atoms with E-state index >= 15 is 0 Å². The number of hydrogen-bond donors (Lipinski definition) is 2. The van der Waals surface area contributed by atoms with Crippen LogP contribution in [-0.2, 0) is 0 Å². The van der Waals surface area contributed by atoms with Crippen molar-refractivity contribution in [2.24, 2.45) is 28.9 Å². The zero-order valence-electron chi connectivity index (χ0n) is 11.9. The summed E-state index contributed by atoms with van der Waals surface area (Å²) in [5.74, 6) is 3.04. The summed E-state index contributed by atoms with van der Waals surface area (Å²) in [7, 11) is 0. The fourth-order valence-electron chi connectivity index (χ4n) is 5.74. The molecule has 4 fully saturated rings. The van der Waals surface area contributed by atoms with Gasteiger partial charge in [0.1, 0.15) is 0 Å². The van der Waals surface area contributed by atoms with Crippen molar-refractivity contribution in [3.63, 3.8) is 0 Å². The van der Waals surface area contributed by atoms with E-state index in [4.69, 9.17) is 5.73 Å². The Morgan fingerprint density at radius 3 is 2.32 bits per heavy atom. The Labute approximate surface area is 115 Å². The second-order valence-electron chi connectivity index (χ2n) is 7.70. The molecule has 4 aliphatic rings. The van der Waals surface area contributed by atoms with Gasteiger partial charge in [-0.3, -0.25) is 5.10 Å². The van der Waals surface area contributed by atoms with Crippen LogP contribution >= 0.6 is 0 Å². The van der Waals surface area contributed by atoms with Gasteiger partial charge in [-0.1, -0.05) is 0 Å². The third kappa shape index (κ3) is 2.03. The average molecular weight is 259 g/mol. The second kappa shape index (κ2) is 4.08. The van der Waals surface area contributed by atoms with E-state index < -0.39 is 0 Å². The van der Waals surface area contributed by atoms with Gasteiger partial charge >= 0.3 is 0 Å². The average Bonchev–Trinajstić information content (AvgIpc) is 2.73. The van der Waals surface area contributed by atoms with Crippen LogP contribution in [0.3, 0.4) is 0 Å². The molecule has 1 aromatic heterocycles. The molecular formula is C16H25N3. The third-order valence-corrected chi connectivity index (χ3v) is 5.92. The van der Waals surface area contributed by atoms with E-state index in [-0.39, 0.29) is 6.04 Å². The second-order valence-corrected chi connectivity index (χ2v) is 7.70. The minimum absolute atomic E-state index is 0.126. The first-order valence-corrected chi connectivity index (χ1v) is 7.89. The summed E-state index contributed by atoms with van der Waals surface area (Å²) in [5, 5.41) is 7.39. The van der Waals surface area contributed by atoms with Gasteiger partial charge in [0.15, 0.2) is 0 Å². The van der Waals surface area contributed by atoms with Crippen LogP contribution in [0.4, 0.5) is 0 Å². The highest BCUT2D eigenvalue weighted by atomic mass is 15.1. The first-order chi connectivity index (χ1) is 9.12. The van der Waals surface area contributed by atoms with Gasteiger partial charge in [-0.2, -0.15) is 5.10 Å². The largest absolute Gasteiger partial charge is 0.323 e. The summed E-state index contributed by atoms with van der Waals surface area (Å²) in [5.41, 5.74) is 9.19. The molecule has 19 heavy (non-hydrogen) atoms. The normalized spacial score (nSPS) is 41.7. The van der Waals surface area contributed by atoms with Gasteiger partial charge in [-0.15, -0.1) is 0 Å². The van der Waals surface area contributed by atoms with Crippen LogP contribution in [0.2, 0.25) is 0 Å². The van der Waals surface area contributed by atoms with E-state index in [1.54, 1.807) is 0 Å². The van der Waals surface area contributed by atoms with Gasteiger partial charge in [0.05, 0.1) is 5.69 Å². The van der Waals surface area contributed by atoms with E-state index in [0.717, 1.165) is 35.6 Å². The Kier molecular flexibility index (Phi) is 2.57. The number of aromatic nitrogens is 2. The topological polar surface area (TPSA) is 54.7 Å². The Bertz CT molecular complexity index is 441. The standard InChI is InChI=1S/C16H25N3/c1-10-2-15(19-18-10)14(17)9-16-6-11-3-12(7-16)5-13(4-11)8-16/h2,11-14H,3-9,17H2,1H3,(H,18,19). The summed E-state index contributed by atoms with van der Waals surface area (Å²) < 4.78 is 0. The lowest BCUT2D eigenvalue weighted by atomic mass is 9.48. The number of rotatable bonds is 3. The van der Waals surface area contributed by atoms with Gasteiger partial charge in [-0.05, 0) is 81.1 Å². The Morgan fingerprint density at radius 2 is 1.84 bits per heavy atom.